The van der Waals surface area contributed by atoms with Crippen LogP contribution in [-0.4, -0.2) is 76.0 Å². The standard InChI is InChI=1S/C17H32N6O2/c1-17(2,12-21(3)4)11-18-16(25)23-8-6-7-13(9-23)15-20-19-14(10-24)22(15)5/h13,24H,6-12H2,1-5H3,(H,18,25)/t13-/m1/s1. The number of carbonyl (C=O) groups is 1. The molecule has 8 nitrogen and oxygen atoms in total. The number of piperidine rings is 1. The maximum atomic E-state index is 12.6. The first-order valence-corrected chi connectivity index (χ1v) is 8.90. The molecule has 1 aliphatic rings. The van der Waals surface area contributed by atoms with Crippen molar-refractivity contribution in [3.63, 3.8) is 0 Å². The van der Waals surface area contributed by atoms with Gasteiger partial charge in [0.25, 0.3) is 0 Å². The smallest absolute Gasteiger partial charge is 0.317 e. The van der Waals surface area contributed by atoms with Gasteiger partial charge in [-0.05, 0) is 32.4 Å². The molecule has 8 heteroatoms. The van der Waals surface area contributed by atoms with E-state index in [1.54, 1.807) is 0 Å². The molecular formula is C17H32N6O2. The fourth-order valence-corrected chi connectivity index (χ4v) is 3.58. The minimum absolute atomic E-state index is 0.0129. The largest absolute Gasteiger partial charge is 0.388 e. The van der Waals surface area contributed by atoms with E-state index in [0.29, 0.717) is 18.9 Å². The van der Waals surface area contributed by atoms with E-state index in [9.17, 15) is 9.90 Å². The van der Waals surface area contributed by atoms with Crippen LogP contribution >= 0.6 is 0 Å². The number of nitrogens with one attached hydrogen (secondary N) is 1. The average Bonchev–Trinajstić information content (AvgIpc) is 2.92. The Kier molecular flexibility index (Phi) is 6.40. The van der Waals surface area contributed by atoms with Crippen LogP contribution in [0.2, 0.25) is 0 Å². The highest BCUT2D eigenvalue weighted by molar-refractivity contribution is 5.74. The summed E-state index contributed by atoms with van der Waals surface area (Å²) >= 11 is 0. The highest BCUT2D eigenvalue weighted by Crippen LogP contribution is 2.26. The maximum absolute atomic E-state index is 12.6. The molecule has 2 heterocycles. The van der Waals surface area contributed by atoms with Crippen LogP contribution in [-0.2, 0) is 13.7 Å². The molecule has 0 bridgehead atoms. The molecule has 2 rings (SSSR count). The zero-order valence-corrected chi connectivity index (χ0v) is 16.1. The molecule has 1 aromatic heterocycles. The minimum Gasteiger partial charge on any atom is -0.388 e. The average molecular weight is 352 g/mol. The Morgan fingerprint density at radius 1 is 1.40 bits per heavy atom. The van der Waals surface area contributed by atoms with Crippen molar-refractivity contribution >= 4 is 6.03 Å². The van der Waals surface area contributed by atoms with Gasteiger partial charge in [-0.2, -0.15) is 0 Å². The predicted molar refractivity (Wildman–Crippen MR) is 96.2 cm³/mol. The molecule has 2 N–H and O–H groups in total. The van der Waals surface area contributed by atoms with Crippen LogP contribution in [0.1, 0.15) is 44.3 Å². The SMILES string of the molecule is CN(C)CC(C)(C)CNC(=O)N1CCC[C@@H](c2nnc(CO)n2C)C1. The van der Waals surface area contributed by atoms with Gasteiger partial charge in [-0.3, -0.25) is 0 Å². The maximum Gasteiger partial charge on any atom is 0.317 e. The van der Waals surface area contributed by atoms with Gasteiger partial charge in [-0.25, -0.2) is 4.79 Å². The van der Waals surface area contributed by atoms with E-state index in [1.807, 2.05) is 30.6 Å². The van der Waals surface area contributed by atoms with Gasteiger partial charge in [0.15, 0.2) is 5.82 Å². The lowest BCUT2D eigenvalue weighted by atomic mass is 9.93. The van der Waals surface area contributed by atoms with Gasteiger partial charge in [0.2, 0.25) is 0 Å². The lowest BCUT2D eigenvalue weighted by Gasteiger charge is -2.34. The topological polar surface area (TPSA) is 86.5 Å². The summed E-state index contributed by atoms with van der Waals surface area (Å²) in [6.07, 6.45) is 1.92. The minimum atomic E-state index is -0.124. The molecule has 25 heavy (non-hydrogen) atoms. The van der Waals surface area contributed by atoms with Crippen molar-refractivity contribution in [1.29, 1.82) is 0 Å². The summed E-state index contributed by atoms with van der Waals surface area (Å²) in [5, 5.41) is 20.6. The van der Waals surface area contributed by atoms with E-state index in [4.69, 9.17) is 0 Å². The van der Waals surface area contributed by atoms with E-state index in [1.165, 1.54) is 0 Å². The number of hydrogen-bond donors (Lipinski definition) is 2. The fraction of sp³-hybridized carbons (Fsp3) is 0.824. The van der Waals surface area contributed by atoms with Crippen LogP contribution in [0.3, 0.4) is 0 Å². The molecule has 142 valence electrons. The number of nitrogens with zero attached hydrogens (tertiary/aromatic N) is 5. The highest BCUT2D eigenvalue weighted by Gasteiger charge is 2.29. The Morgan fingerprint density at radius 2 is 2.12 bits per heavy atom. The van der Waals surface area contributed by atoms with Crippen molar-refractivity contribution in [2.24, 2.45) is 12.5 Å². The Labute approximate surface area is 150 Å². The first-order chi connectivity index (χ1) is 11.7. The van der Waals surface area contributed by atoms with Gasteiger partial charge >= 0.3 is 6.03 Å². The van der Waals surface area contributed by atoms with Crippen LogP contribution in [0.5, 0.6) is 0 Å². The van der Waals surface area contributed by atoms with E-state index >= 15 is 0 Å². The third-order valence-electron chi connectivity index (χ3n) is 4.68. The molecular weight excluding hydrogens is 320 g/mol. The zero-order chi connectivity index (χ0) is 18.6. The number of hydrogen-bond acceptors (Lipinski definition) is 5. The van der Waals surface area contributed by atoms with Crippen molar-refractivity contribution in [3.05, 3.63) is 11.6 Å². The number of urea groups is 1. The molecule has 0 spiro atoms. The lowest BCUT2D eigenvalue weighted by Crippen LogP contribution is -2.48. The van der Waals surface area contributed by atoms with Crippen LogP contribution in [0.25, 0.3) is 0 Å². The summed E-state index contributed by atoms with van der Waals surface area (Å²) in [5.41, 5.74) is 0.0218. The second-order valence-corrected chi connectivity index (χ2v) is 8.04. The third kappa shape index (κ3) is 5.15. The highest BCUT2D eigenvalue weighted by atomic mass is 16.3. The summed E-state index contributed by atoms with van der Waals surface area (Å²) in [7, 11) is 5.95. The van der Waals surface area contributed by atoms with Gasteiger partial charge in [0.05, 0.1) is 0 Å². The normalized spacial score (nSPS) is 18.7. The van der Waals surface area contributed by atoms with Crippen LogP contribution in [0, 0.1) is 5.41 Å². The molecule has 1 fully saturated rings. The number of amides is 2. The first kappa shape index (κ1) is 19.7. The molecule has 1 aromatic rings. The van der Waals surface area contributed by atoms with Crippen molar-refractivity contribution in [3.8, 4) is 0 Å². The Balaban J connectivity index is 1.94. The number of carbonyl (C=O) groups excluding carboxylic acids is 1. The second kappa shape index (κ2) is 8.14. The number of aromatic nitrogens is 3. The van der Waals surface area contributed by atoms with Gasteiger partial charge in [-0.1, -0.05) is 13.8 Å². The third-order valence-corrected chi connectivity index (χ3v) is 4.68. The zero-order valence-electron chi connectivity index (χ0n) is 16.1. The summed E-state index contributed by atoms with van der Waals surface area (Å²) in [6, 6.07) is -0.0129. The van der Waals surface area contributed by atoms with Crippen molar-refractivity contribution in [2.45, 2.75) is 39.2 Å². The Bertz CT molecular complexity index is 584. The van der Waals surface area contributed by atoms with Crippen LogP contribution in [0.4, 0.5) is 4.79 Å². The Morgan fingerprint density at radius 3 is 2.72 bits per heavy atom. The van der Waals surface area contributed by atoms with Gasteiger partial charge < -0.3 is 24.8 Å². The summed E-state index contributed by atoms with van der Waals surface area (Å²) in [4.78, 5) is 16.6. The Hall–Kier alpha value is -1.67. The van der Waals surface area contributed by atoms with Gasteiger partial charge in [0.1, 0.15) is 12.4 Å². The molecule has 1 atom stereocenters. The number of aliphatic hydroxyl groups excluding tert-OH is 1. The molecule has 0 aliphatic carbocycles. The van der Waals surface area contributed by atoms with E-state index < -0.39 is 0 Å². The lowest BCUT2D eigenvalue weighted by molar-refractivity contribution is 0.168. The van der Waals surface area contributed by atoms with Crippen LogP contribution in [0.15, 0.2) is 0 Å². The number of rotatable bonds is 6. The van der Waals surface area contributed by atoms with E-state index in [2.05, 4.69) is 34.3 Å². The van der Waals surface area contributed by atoms with Gasteiger partial charge in [-0.15, -0.1) is 10.2 Å². The summed E-state index contributed by atoms with van der Waals surface area (Å²) in [5.74, 6) is 1.56. The van der Waals surface area contributed by atoms with Crippen LogP contribution < -0.4 is 5.32 Å². The molecule has 0 unspecified atom stereocenters. The van der Waals surface area contributed by atoms with Gasteiger partial charge in [0, 0.05) is 39.1 Å². The molecule has 0 radical (unpaired) electrons. The first-order valence-electron chi connectivity index (χ1n) is 8.90. The number of aliphatic hydroxyl groups is 1. The van der Waals surface area contributed by atoms with Crippen molar-refractivity contribution < 1.29 is 9.90 Å². The fourth-order valence-electron chi connectivity index (χ4n) is 3.58. The molecule has 2 amide bonds. The second-order valence-electron chi connectivity index (χ2n) is 8.04. The van der Waals surface area contributed by atoms with E-state index in [0.717, 1.165) is 31.8 Å². The molecule has 0 aromatic carbocycles. The quantitative estimate of drug-likeness (QED) is 0.790. The number of likely N-dealkylation sites (tertiary alicyclic amines) is 1. The van der Waals surface area contributed by atoms with Crippen molar-refractivity contribution in [1.82, 2.24) is 29.9 Å². The summed E-state index contributed by atoms with van der Waals surface area (Å²) < 4.78 is 1.84. The molecule has 1 aliphatic heterocycles. The monoisotopic (exact) mass is 352 g/mol. The van der Waals surface area contributed by atoms with Crippen molar-refractivity contribution in [2.75, 3.05) is 40.3 Å². The van der Waals surface area contributed by atoms with E-state index in [-0.39, 0.29) is 24.0 Å². The summed E-state index contributed by atoms with van der Waals surface area (Å²) in [6.45, 7) is 7.15. The molecule has 0 saturated carbocycles. The molecule has 1 saturated heterocycles. The predicted octanol–water partition coefficient (Wildman–Crippen LogP) is 0.784.